The quantitative estimate of drug-likeness (QED) is 0.559. The number of H-pyrrole nitrogens is 1. The van der Waals surface area contributed by atoms with Gasteiger partial charge in [0.05, 0.1) is 18.3 Å². The van der Waals surface area contributed by atoms with Gasteiger partial charge in [-0.15, -0.1) is 0 Å². The maximum Gasteiger partial charge on any atom is 0.185 e. The predicted octanol–water partition coefficient (Wildman–Crippen LogP) is 3.14. The average molecular weight is 368 g/mol. The number of fused-ring (bicyclic) bond motifs is 1. The first-order valence-corrected chi connectivity index (χ1v) is 6.87. The highest BCUT2D eigenvalue weighted by molar-refractivity contribution is 14.1. The third-order valence-electron chi connectivity index (χ3n) is 2.66. The van der Waals surface area contributed by atoms with Gasteiger partial charge in [-0.2, -0.15) is 5.10 Å². The summed E-state index contributed by atoms with van der Waals surface area (Å²) in [5.74, 6) is 0. The molecule has 2 aromatic heterocycles. The van der Waals surface area contributed by atoms with E-state index in [0.29, 0.717) is 10.3 Å². The van der Waals surface area contributed by atoms with Gasteiger partial charge in [0.15, 0.2) is 5.65 Å². The summed E-state index contributed by atoms with van der Waals surface area (Å²) >= 11 is 7.54. The molecule has 0 aliphatic heterocycles. The highest BCUT2D eigenvalue weighted by Crippen LogP contribution is 2.15. The van der Waals surface area contributed by atoms with Gasteiger partial charge in [-0.25, -0.2) is 4.98 Å². The lowest BCUT2D eigenvalue weighted by molar-refractivity contribution is 0.691. The number of hydrogen-bond acceptors (Lipinski definition) is 3. The summed E-state index contributed by atoms with van der Waals surface area (Å²) in [5, 5.41) is 5.31. The lowest BCUT2D eigenvalue weighted by Gasteiger charge is -2.03. The van der Waals surface area contributed by atoms with Gasteiger partial charge in [0.25, 0.3) is 0 Å². The van der Waals surface area contributed by atoms with E-state index in [9.17, 15) is 0 Å². The molecule has 3 rings (SSSR count). The molecule has 0 atom stereocenters. The number of aromatic amines is 1. The molecular formula is C12H9IN4S. The average Bonchev–Trinajstić information content (AvgIpc) is 2.76. The Kier molecular flexibility index (Phi) is 3.13. The molecule has 0 unspecified atom stereocenters. The molecule has 90 valence electrons. The monoisotopic (exact) mass is 368 g/mol. The highest BCUT2D eigenvalue weighted by Gasteiger charge is 2.05. The largest absolute Gasteiger partial charge is 0.337 e. The van der Waals surface area contributed by atoms with E-state index in [1.54, 1.807) is 6.33 Å². The molecule has 3 aromatic rings. The molecule has 2 heterocycles. The molecule has 0 saturated carbocycles. The summed E-state index contributed by atoms with van der Waals surface area (Å²) in [4.78, 5) is 7.08. The minimum absolute atomic E-state index is 0.675. The summed E-state index contributed by atoms with van der Waals surface area (Å²) in [6.45, 7) is 0.726. The van der Waals surface area contributed by atoms with E-state index < -0.39 is 0 Å². The van der Waals surface area contributed by atoms with E-state index >= 15 is 0 Å². The smallest absolute Gasteiger partial charge is 0.185 e. The van der Waals surface area contributed by atoms with Gasteiger partial charge in [0, 0.05) is 9.77 Å². The van der Waals surface area contributed by atoms with Crippen molar-refractivity contribution in [1.29, 1.82) is 0 Å². The molecule has 0 saturated heterocycles. The fourth-order valence-electron chi connectivity index (χ4n) is 1.78. The van der Waals surface area contributed by atoms with Crippen LogP contribution in [0.3, 0.4) is 0 Å². The van der Waals surface area contributed by atoms with Crippen LogP contribution in [0.1, 0.15) is 5.56 Å². The van der Waals surface area contributed by atoms with Crippen molar-refractivity contribution in [3.05, 3.63) is 50.6 Å². The van der Waals surface area contributed by atoms with Crippen molar-refractivity contribution in [2.45, 2.75) is 6.54 Å². The number of nitrogens with one attached hydrogen (secondary N) is 1. The van der Waals surface area contributed by atoms with Crippen LogP contribution in [-0.4, -0.2) is 19.7 Å². The first-order chi connectivity index (χ1) is 8.74. The predicted molar refractivity (Wildman–Crippen MR) is 81.0 cm³/mol. The van der Waals surface area contributed by atoms with Crippen molar-refractivity contribution in [2.75, 3.05) is 0 Å². The van der Waals surface area contributed by atoms with Gasteiger partial charge in [0.2, 0.25) is 0 Å². The van der Waals surface area contributed by atoms with Crippen LogP contribution < -0.4 is 0 Å². The number of benzene rings is 1. The lowest BCUT2D eigenvalue weighted by Crippen LogP contribution is -2.01. The summed E-state index contributed by atoms with van der Waals surface area (Å²) in [7, 11) is 0. The molecular weight excluding hydrogens is 359 g/mol. The van der Waals surface area contributed by atoms with Crippen LogP contribution in [0.2, 0.25) is 0 Å². The minimum atomic E-state index is 0.675. The highest BCUT2D eigenvalue weighted by atomic mass is 127. The van der Waals surface area contributed by atoms with Crippen LogP contribution in [-0.2, 0) is 6.54 Å². The Balaban J connectivity index is 2.04. The first-order valence-electron chi connectivity index (χ1n) is 5.38. The van der Waals surface area contributed by atoms with Crippen molar-refractivity contribution < 1.29 is 0 Å². The molecule has 6 heteroatoms. The van der Waals surface area contributed by atoms with Gasteiger partial charge in [0.1, 0.15) is 4.64 Å². The Morgan fingerprint density at radius 2 is 2.17 bits per heavy atom. The SMILES string of the molecule is S=c1[nH]cnc2nn(Cc3ccccc3I)cc12. The van der Waals surface area contributed by atoms with Crippen molar-refractivity contribution in [3.8, 4) is 0 Å². The van der Waals surface area contributed by atoms with Gasteiger partial charge in [-0.1, -0.05) is 30.4 Å². The molecule has 0 radical (unpaired) electrons. The second-order valence-electron chi connectivity index (χ2n) is 3.89. The first kappa shape index (κ1) is 11.8. The van der Waals surface area contributed by atoms with Crippen molar-refractivity contribution in [1.82, 2.24) is 19.7 Å². The second kappa shape index (κ2) is 4.77. The molecule has 1 N–H and O–H groups in total. The maximum atomic E-state index is 5.21. The normalized spacial score (nSPS) is 10.9. The van der Waals surface area contributed by atoms with Crippen LogP contribution >= 0.6 is 34.8 Å². The van der Waals surface area contributed by atoms with Crippen LogP contribution in [0.5, 0.6) is 0 Å². The Bertz CT molecular complexity index is 762. The zero-order valence-electron chi connectivity index (χ0n) is 9.30. The van der Waals surface area contributed by atoms with Crippen molar-refractivity contribution in [3.63, 3.8) is 0 Å². The van der Waals surface area contributed by atoms with Crippen LogP contribution in [0.25, 0.3) is 11.0 Å². The standard InChI is InChI=1S/C12H9IN4S/c13-10-4-2-1-3-8(10)5-17-6-9-11(16-17)14-7-15-12(9)18/h1-4,6-7H,5H2,(H,14,15,16,18). The minimum Gasteiger partial charge on any atom is -0.337 e. The second-order valence-corrected chi connectivity index (χ2v) is 5.46. The van der Waals surface area contributed by atoms with E-state index in [2.05, 4.69) is 49.8 Å². The van der Waals surface area contributed by atoms with Gasteiger partial charge >= 0.3 is 0 Å². The molecule has 0 fully saturated rings. The van der Waals surface area contributed by atoms with E-state index in [4.69, 9.17) is 12.2 Å². The fourth-order valence-corrected chi connectivity index (χ4v) is 2.53. The van der Waals surface area contributed by atoms with Gasteiger partial charge in [-0.05, 0) is 34.2 Å². The summed E-state index contributed by atoms with van der Waals surface area (Å²) in [6, 6.07) is 8.25. The number of halogens is 1. The molecule has 1 aromatic carbocycles. The Morgan fingerprint density at radius 1 is 1.33 bits per heavy atom. The van der Waals surface area contributed by atoms with Crippen LogP contribution in [0.15, 0.2) is 36.8 Å². The van der Waals surface area contributed by atoms with E-state index in [-0.39, 0.29) is 0 Å². The zero-order chi connectivity index (χ0) is 12.5. The van der Waals surface area contributed by atoms with E-state index in [1.807, 2.05) is 23.0 Å². The van der Waals surface area contributed by atoms with Crippen LogP contribution in [0.4, 0.5) is 0 Å². The molecule has 18 heavy (non-hydrogen) atoms. The third-order valence-corrected chi connectivity index (χ3v) is 4.05. The molecule has 0 aliphatic carbocycles. The Morgan fingerprint density at radius 3 is 2.94 bits per heavy atom. The van der Waals surface area contributed by atoms with Gasteiger partial charge in [-0.3, -0.25) is 4.68 Å². The maximum absolute atomic E-state index is 5.21. The number of nitrogens with zero attached hydrogens (tertiary/aromatic N) is 3. The van der Waals surface area contributed by atoms with Crippen molar-refractivity contribution >= 4 is 45.8 Å². The fraction of sp³-hybridized carbons (Fsp3) is 0.0833. The zero-order valence-corrected chi connectivity index (χ0v) is 12.3. The summed E-state index contributed by atoms with van der Waals surface area (Å²) in [5.41, 5.74) is 1.92. The Hall–Kier alpha value is -1.28. The summed E-state index contributed by atoms with van der Waals surface area (Å²) in [6.07, 6.45) is 3.51. The Labute approximate surface area is 122 Å². The molecule has 0 amide bonds. The third kappa shape index (κ3) is 2.17. The number of aromatic nitrogens is 4. The molecule has 4 nitrogen and oxygen atoms in total. The topological polar surface area (TPSA) is 46.5 Å². The number of hydrogen-bond donors (Lipinski definition) is 1. The van der Waals surface area contributed by atoms with E-state index in [1.165, 1.54) is 9.13 Å². The van der Waals surface area contributed by atoms with Crippen LogP contribution in [0, 0.1) is 8.21 Å². The van der Waals surface area contributed by atoms with Gasteiger partial charge < -0.3 is 4.98 Å². The molecule has 0 bridgehead atoms. The summed E-state index contributed by atoms with van der Waals surface area (Å²) < 4.78 is 3.78. The lowest BCUT2D eigenvalue weighted by atomic mass is 10.2. The number of rotatable bonds is 2. The van der Waals surface area contributed by atoms with Crippen molar-refractivity contribution in [2.24, 2.45) is 0 Å². The van der Waals surface area contributed by atoms with E-state index in [0.717, 1.165) is 11.9 Å². The molecule has 0 aliphatic rings. The molecule has 0 spiro atoms.